The normalized spacial score (nSPS) is 22.6. The van der Waals surface area contributed by atoms with Crippen LogP contribution in [0.3, 0.4) is 0 Å². The largest absolute Gasteiger partial charge is 0.395 e. The van der Waals surface area contributed by atoms with Crippen molar-refractivity contribution < 1.29 is 5.11 Å². The average molecular weight is 288 g/mol. The first-order chi connectivity index (χ1) is 9.36. The predicted molar refractivity (Wildman–Crippen MR) is 85.5 cm³/mol. The molecule has 1 heterocycles. The van der Waals surface area contributed by atoms with E-state index < -0.39 is 0 Å². The molecule has 1 aliphatic heterocycles. The molecule has 1 aliphatic rings. The minimum absolute atomic E-state index is 0.288. The van der Waals surface area contributed by atoms with Gasteiger partial charge < -0.3 is 5.11 Å². The van der Waals surface area contributed by atoms with Gasteiger partial charge in [-0.3, -0.25) is 0 Å². The summed E-state index contributed by atoms with van der Waals surface area (Å²) in [6.45, 7) is 0.288. The highest BCUT2D eigenvalue weighted by Crippen LogP contribution is 2.49. The van der Waals surface area contributed by atoms with Gasteiger partial charge in [-0.1, -0.05) is 54.6 Å². The van der Waals surface area contributed by atoms with Gasteiger partial charge in [-0.15, -0.1) is 23.5 Å². The molecule has 0 amide bonds. The zero-order valence-electron chi connectivity index (χ0n) is 10.5. The van der Waals surface area contributed by atoms with E-state index in [0.29, 0.717) is 9.83 Å². The number of benzene rings is 2. The van der Waals surface area contributed by atoms with Gasteiger partial charge in [-0.25, -0.2) is 0 Å². The second kappa shape index (κ2) is 6.04. The molecule has 0 bridgehead atoms. The van der Waals surface area contributed by atoms with Gasteiger partial charge in [0.2, 0.25) is 0 Å². The maximum absolute atomic E-state index is 9.19. The molecule has 1 fully saturated rings. The molecule has 2 aromatic rings. The van der Waals surface area contributed by atoms with E-state index in [1.165, 1.54) is 16.7 Å². The molecule has 0 radical (unpaired) electrons. The summed E-state index contributed by atoms with van der Waals surface area (Å²) in [5.74, 6) is 1.05. The van der Waals surface area contributed by atoms with Crippen molar-refractivity contribution in [3.05, 3.63) is 60.2 Å². The molecule has 3 rings (SSSR count). The molecule has 19 heavy (non-hydrogen) atoms. The topological polar surface area (TPSA) is 20.2 Å². The fourth-order valence-electron chi connectivity index (χ4n) is 2.18. The number of aliphatic hydroxyl groups excluding tert-OH is 1. The van der Waals surface area contributed by atoms with E-state index in [0.717, 1.165) is 5.75 Å². The number of aliphatic hydroxyl groups is 1. The molecule has 3 heteroatoms. The first-order valence-electron chi connectivity index (χ1n) is 6.40. The summed E-state index contributed by atoms with van der Waals surface area (Å²) in [6.07, 6.45) is 0. The maximum atomic E-state index is 9.19. The third-order valence-electron chi connectivity index (χ3n) is 3.24. The first kappa shape index (κ1) is 13.1. The van der Waals surface area contributed by atoms with Gasteiger partial charge in [0.15, 0.2) is 0 Å². The minimum atomic E-state index is 0.288. The van der Waals surface area contributed by atoms with Crippen LogP contribution in [0.1, 0.15) is 10.1 Å². The predicted octanol–water partition coefficient (Wildman–Crippen LogP) is 4.19. The minimum Gasteiger partial charge on any atom is -0.395 e. The molecule has 98 valence electrons. The number of thioether (sulfide) groups is 2. The second-order valence-electron chi connectivity index (χ2n) is 4.59. The zero-order chi connectivity index (χ0) is 13.1. The van der Waals surface area contributed by atoms with Crippen molar-refractivity contribution in [3.63, 3.8) is 0 Å². The fraction of sp³-hybridized carbons (Fsp3) is 0.250. The monoisotopic (exact) mass is 288 g/mol. The molecule has 2 atom stereocenters. The molecular weight excluding hydrogens is 272 g/mol. The highest BCUT2D eigenvalue weighted by atomic mass is 32.2. The Labute approximate surface area is 122 Å². The van der Waals surface area contributed by atoms with Crippen molar-refractivity contribution in [1.82, 2.24) is 0 Å². The van der Waals surface area contributed by atoms with Crippen LogP contribution in [-0.2, 0) is 0 Å². The Kier molecular flexibility index (Phi) is 4.16. The molecule has 0 aromatic heterocycles. The third kappa shape index (κ3) is 2.99. The fourth-order valence-corrected chi connectivity index (χ4v) is 5.35. The van der Waals surface area contributed by atoms with E-state index in [-0.39, 0.29) is 6.61 Å². The summed E-state index contributed by atoms with van der Waals surface area (Å²) >= 11 is 3.81. The molecule has 2 unspecified atom stereocenters. The van der Waals surface area contributed by atoms with Crippen molar-refractivity contribution >= 4 is 23.5 Å². The third-order valence-corrected chi connectivity index (χ3v) is 6.59. The Morgan fingerprint density at radius 2 is 1.63 bits per heavy atom. The standard InChI is InChI=1S/C16H16OS2/c17-10-15-11-18-16(19-15)14-8-6-13(7-9-14)12-4-2-1-3-5-12/h1-9,15-17H,10-11H2. The Hall–Kier alpha value is -0.900. The lowest BCUT2D eigenvalue weighted by molar-refractivity contribution is 0.301. The number of hydrogen-bond donors (Lipinski definition) is 1. The van der Waals surface area contributed by atoms with Crippen LogP contribution < -0.4 is 0 Å². The molecular formula is C16H16OS2. The number of rotatable bonds is 3. The average Bonchev–Trinajstić information content (AvgIpc) is 2.97. The number of hydrogen-bond acceptors (Lipinski definition) is 3. The van der Waals surface area contributed by atoms with Crippen LogP contribution in [-0.4, -0.2) is 22.7 Å². The lowest BCUT2D eigenvalue weighted by Gasteiger charge is -2.10. The van der Waals surface area contributed by atoms with Gasteiger partial charge in [0.05, 0.1) is 11.2 Å². The van der Waals surface area contributed by atoms with E-state index in [1.54, 1.807) is 0 Å². The van der Waals surface area contributed by atoms with Gasteiger partial charge in [-0.2, -0.15) is 0 Å². The lowest BCUT2D eigenvalue weighted by atomic mass is 10.0. The van der Waals surface area contributed by atoms with Crippen LogP contribution in [0.25, 0.3) is 11.1 Å². The summed E-state index contributed by atoms with van der Waals surface area (Å²) in [4.78, 5) is 0. The summed E-state index contributed by atoms with van der Waals surface area (Å²) in [5, 5.41) is 9.58. The molecule has 0 saturated carbocycles. The SMILES string of the molecule is OCC1CSC(c2ccc(-c3ccccc3)cc2)S1. The van der Waals surface area contributed by atoms with Crippen LogP contribution in [0.15, 0.2) is 54.6 Å². The van der Waals surface area contributed by atoms with Gasteiger partial charge >= 0.3 is 0 Å². The van der Waals surface area contributed by atoms with E-state index in [2.05, 4.69) is 48.5 Å². The maximum Gasteiger partial charge on any atom is 0.0755 e. The van der Waals surface area contributed by atoms with Crippen LogP contribution >= 0.6 is 23.5 Å². The Morgan fingerprint density at radius 3 is 2.26 bits per heavy atom. The molecule has 0 spiro atoms. The van der Waals surface area contributed by atoms with Crippen molar-refractivity contribution in [1.29, 1.82) is 0 Å². The van der Waals surface area contributed by atoms with Crippen molar-refractivity contribution in [2.75, 3.05) is 12.4 Å². The van der Waals surface area contributed by atoms with Crippen LogP contribution in [0.2, 0.25) is 0 Å². The first-order valence-corrected chi connectivity index (χ1v) is 8.39. The van der Waals surface area contributed by atoms with Crippen LogP contribution in [0, 0.1) is 0 Å². The smallest absolute Gasteiger partial charge is 0.0755 e. The van der Waals surface area contributed by atoms with Gasteiger partial charge in [0.25, 0.3) is 0 Å². The van der Waals surface area contributed by atoms with Crippen LogP contribution in [0.5, 0.6) is 0 Å². The van der Waals surface area contributed by atoms with E-state index in [9.17, 15) is 5.11 Å². The van der Waals surface area contributed by atoms with E-state index >= 15 is 0 Å². The van der Waals surface area contributed by atoms with Crippen LogP contribution in [0.4, 0.5) is 0 Å². The Balaban J connectivity index is 1.76. The summed E-state index contributed by atoms with van der Waals surface area (Å²) < 4.78 is 0.474. The Bertz CT molecular complexity index is 524. The highest BCUT2D eigenvalue weighted by molar-refractivity contribution is 8.19. The summed E-state index contributed by atoms with van der Waals surface area (Å²) in [6, 6.07) is 19.3. The summed E-state index contributed by atoms with van der Waals surface area (Å²) in [5.41, 5.74) is 3.87. The highest BCUT2D eigenvalue weighted by Gasteiger charge is 2.26. The molecule has 1 N–H and O–H groups in total. The Morgan fingerprint density at radius 1 is 0.947 bits per heavy atom. The van der Waals surface area contributed by atoms with Crippen molar-refractivity contribution in [3.8, 4) is 11.1 Å². The van der Waals surface area contributed by atoms with Crippen molar-refractivity contribution in [2.45, 2.75) is 9.83 Å². The second-order valence-corrected chi connectivity index (χ2v) is 7.44. The van der Waals surface area contributed by atoms with E-state index in [1.807, 2.05) is 29.6 Å². The molecule has 1 nitrogen and oxygen atoms in total. The lowest BCUT2D eigenvalue weighted by Crippen LogP contribution is -2.05. The van der Waals surface area contributed by atoms with Gasteiger partial charge in [-0.05, 0) is 16.7 Å². The summed E-state index contributed by atoms with van der Waals surface area (Å²) in [7, 11) is 0. The van der Waals surface area contributed by atoms with Crippen molar-refractivity contribution in [2.24, 2.45) is 0 Å². The van der Waals surface area contributed by atoms with Gasteiger partial charge in [0, 0.05) is 11.0 Å². The quantitative estimate of drug-likeness (QED) is 0.914. The molecule has 2 aromatic carbocycles. The zero-order valence-corrected chi connectivity index (χ0v) is 12.2. The van der Waals surface area contributed by atoms with Gasteiger partial charge in [0.1, 0.15) is 0 Å². The molecule has 0 aliphatic carbocycles. The molecule has 1 saturated heterocycles. The van der Waals surface area contributed by atoms with E-state index in [4.69, 9.17) is 0 Å².